The van der Waals surface area contributed by atoms with E-state index in [4.69, 9.17) is 25.8 Å². The van der Waals surface area contributed by atoms with Gasteiger partial charge in [0, 0.05) is 48.0 Å². The summed E-state index contributed by atoms with van der Waals surface area (Å²) in [6.45, 7) is 6.87. The fourth-order valence-electron chi connectivity index (χ4n) is 4.83. The number of aryl methyl sites for hydroxylation is 2. The molecule has 0 aliphatic carbocycles. The lowest BCUT2D eigenvalue weighted by Gasteiger charge is -2.15. The van der Waals surface area contributed by atoms with Crippen LogP contribution in [0.25, 0.3) is 11.1 Å². The highest BCUT2D eigenvalue weighted by atomic mass is 35.5. The van der Waals surface area contributed by atoms with Crippen LogP contribution in [0.2, 0.25) is 0 Å². The fourth-order valence-corrected chi connectivity index (χ4v) is 5.78. The standard InChI is InChI=1S/C31H37ClN2O4S/c1-21-14-27(37-12-11-34-39-13-5-10-32)15-22(2)31(21)24-7-4-6-23(16-24)19-33-26-8-9-28-25(17-30(35)36-3)20-38-29(28)18-26/h4,6-9,14-16,18,25,33-34H,5,10-13,17,19-20H2,1-3H3. The lowest BCUT2D eigenvalue weighted by atomic mass is 9.94. The van der Waals surface area contributed by atoms with Gasteiger partial charge in [0.2, 0.25) is 0 Å². The molecule has 0 saturated carbocycles. The molecule has 4 rings (SSSR count). The van der Waals surface area contributed by atoms with Gasteiger partial charge in [-0.1, -0.05) is 36.2 Å². The Bertz CT molecular complexity index is 1250. The zero-order valence-corrected chi connectivity index (χ0v) is 24.4. The Hall–Kier alpha value is -2.87. The third-order valence-corrected chi connectivity index (χ3v) is 7.88. The number of carbonyl (C=O) groups excluding carboxylic acids is 1. The summed E-state index contributed by atoms with van der Waals surface area (Å²) in [6.07, 6.45) is 1.33. The van der Waals surface area contributed by atoms with Gasteiger partial charge in [-0.3, -0.25) is 9.52 Å². The molecule has 1 aliphatic heterocycles. The van der Waals surface area contributed by atoms with Gasteiger partial charge in [0.25, 0.3) is 0 Å². The zero-order valence-electron chi connectivity index (χ0n) is 22.8. The summed E-state index contributed by atoms with van der Waals surface area (Å²) >= 11 is 7.40. The van der Waals surface area contributed by atoms with Crippen molar-refractivity contribution >= 4 is 35.2 Å². The Morgan fingerprint density at radius 1 is 1.13 bits per heavy atom. The summed E-state index contributed by atoms with van der Waals surface area (Å²) in [5.41, 5.74) is 8.04. The van der Waals surface area contributed by atoms with Gasteiger partial charge < -0.3 is 19.5 Å². The molecular formula is C31H37ClN2O4S. The van der Waals surface area contributed by atoms with Crippen LogP contribution in [0.5, 0.6) is 11.5 Å². The molecule has 2 N–H and O–H groups in total. The number of hydrogen-bond donors (Lipinski definition) is 2. The first kappa shape index (κ1) is 29.1. The van der Waals surface area contributed by atoms with E-state index in [1.54, 1.807) is 11.9 Å². The highest BCUT2D eigenvalue weighted by molar-refractivity contribution is 7.97. The summed E-state index contributed by atoms with van der Waals surface area (Å²) in [5.74, 6) is 3.26. The maximum absolute atomic E-state index is 11.7. The number of rotatable bonds is 14. The molecule has 0 amide bonds. The number of ether oxygens (including phenoxy) is 3. The van der Waals surface area contributed by atoms with Crippen molar-refractivity contribution in [2.45, 2.75) is 39.2 Å². The third kappa shape index (κ3) is 8.07. The molecule has 6 nitrogen and oxygen atoms in total. The van der Waals surface area contributed by atoms with Crippen LogP contribution in [0.1, 0.15) is 41.0 Å². The first-order chi connectivity index (χ1) is 19.0. The van der Waals surface area contributed by atoms with Crippen molar-refractivity contribution in [2.24, 2.45) is 0 Å². The average Bonchev–Trinajstić information content (AvgIpc) is 3.33. The molecule has 3 aromatic carbocycles. The van der Waals surface area contributed by atoms with E-state index in [9.17, 15) is 4.79 Å². The molecule has 39 heavy (non-hydrogen) atoms. The highest BCUT2D eigenvalue weighted by Gasteiger charge is 2.27. The second kappa shape index (κ2) is 14.5. The number of fused-ring (bicyclic) bond motifs is 1. The summed E-state index contributed by atoms with van der Waals surface area (Å²) < 4.78 is 20.0. The second-order valence-corrected chi connectivity index (χ2v) is 11.0. The van der Waals surface area contributed by atoms with Gasteiger partial charge in [-0.2, -0.15) is 0 Å². The summed E-state index contributed by atoms with van der Waals surface area (Å²) in [5, 5.41) is 3.51. The molecule has 0 aromatic heterocycles. The fraction of sp³-hybridized carbons (Fsp3) is 0.387. The quantitative estimate of drug-likeness (QED) is 0.0952. The minimum atomic E-state index is -0.216. The molecule has 1 heterocycles. The molecule has 0 radical (unpaired) electrons. The first-order valence-electron chi connectivity index (χ1n) is 13.3. The predicted molar refractivity (Wildman–Crippen MR) is 161 cm³/mol. The van der Waals surface area contributed by atoms with Crippen LogP contribution in [0.15, 0.2) is 54.6 Å². The average molecular weight is 569 g/mol. The molecular weight excluding hydrogens is 532 g/mol. The lowest BCUT2D eigenvalue weighted by Crippen LogP contribution is -2.15. The first-order valence-corrected chi connectivity index (χ1v) is 14.8. The summed E-state index contributed by atoms with van der Waals surface area (Å²) in [4.78, 5) is 11.7. The normalized spacial score (nSPS) is 14.0. The number of benzene rings is 3. The molecule has 3 aromatic rings. The van der Waals surface area contributed by atoms with Gasteiger partial charge >= 0.3 is 5.97 Å². The van der Waals surface area contributed by atoms with Crippen molar-refractivity contribution in [3.63, 3.8) is 0 Å². The Morgan fingerprint density at radius 3 is 2.72 bits per heavy atom. The van der Waals surface area contributed by atoms with E-state index in [0.29, 0.717) is 32.1 Å². The van der Waals surface area contributed by atoms with Crippen LogP contribution < -0.4 is 19.5 Å². The molecule has 1 atom stereocenters. The van der Waals surface area contributed by atoms with Crippen LogP contribution >= 0.6 is 23.5 Å². The van der Waals surface area contributed by atoms with E-state index in [1.165, 1.54) is 34.9 Å². The van der Waals surface area contributed by atoms with Crippen LogP contribution in [0.3, 0.4) is 0 Å². The topological polar surface area (TPSA) is 68.8 Å². The Kier molecular flexibility index (Phi) is 10.8. The molecule has 0 bridgehead atoms. The minimum Gasteiger partial charge on any atom is -0.493 e. The monoisotopic (exact) mass is 568 g/mol. The Balaban J connectivity index is 1.35. The molecule has 0 spiro atoms. The maximum Gasteiger partial charge on any atom is 0.306 e. The van der Waals surface area contributed by atoms with E-state index >= 15 is 0 Å². The molecule has 1 aliphatic rings. The Labute approximate surface area is 240 Å². The Morgan fingerprint density at radius 2 is 1.95 bits per heavy atom. The number of halogens is 1. The molecule has 208 valence electrons. The van der Waals surface area contributed by atoms with Gasteiger partial charge in [0.1, 0.15) is 18.1 Å². The second-order valence-electron chi connectivity index (χ2n) is 9.66. The van der Waals surface area contributed by atoms with Gasteiger partial charge in [0.05, 0.1) is 20.1 Å². The molecule has 0 saturated heterocycles. The number of methoxy groups -OCH3 is 1. The lowest BCUT2D eigenvalue weighted by molar-refractivity contribution is -0.141. The maximum atomic E-state index is 11.7. The molecule has 1 unspecified atom stereocenters. The van der Waals surface area contributed by atoms with Crippen LogP contribution in [0, 0.1) is 13.8 Å². The SMILES string of the molecule is COC(=O)CC1COc2cc(NCc3cccc(-c4c(C)cc(OCCNSCCCCl)cc4C)c3)ccc21. The van der Waals surface area contributed by atoms with E-state index in [0.717, 1.165) is 41.5 Å². The van der Waals surface area contributed by atoms with Gasteiger partial charge in [-0.25, -0.2) is 0 Å². The van der Waals surface area contributed by atoms with Crippen molar-refractivity contribution in [2.75, 3.05) is 43.8 Å². The predicted octanol–water partition coefficient (Wildman–Crippen LogP) is 6.87. The summed E-state index contributed by atoms with van der Waals surface area (Å²) in [7, 11) is 1.42. The van der Waals surface area contributed by atoms with E-state index in [2.05, 4.69) is 60.3 Å². The van der Waals surface area contributed by atoms with Gasteiger partial charge in [0.15, 0.2) is 0 Å². The van der Waals surface area contributed by atoms with Crippen molar-refractivity contribution in [1.82, 2.24) is 4.72 Å². The van der Waals surface area contributed by atoms with Crippen molar-refractivity contribution in [3.05, 3.63) is 76.9 Å². The van der Waals surface area contributed by atoms with E-state index in [-0.39, 0.29) is 11.9 Å². The third-order valence-electron chi connectivity index (χ3n) is 6.71. The van der Waals surface area contributed by atoms with Gasteiger partial charge in [-0.05, 0) is 72.4 Å². The number of alkyl halides is 1. The largest absolute Gasteiger partial charge is 0.493 e. The highest BCUT2D eigenvalue weighted by Crippen LogP contribution is 2.38. The van der Waals surface area contributed by atoms with Crippen LogP contribution in [-0.4, -0.2) is 44.5 Å². The molecule has 0 fully saturated rings. The summed E-state index contributed by atoms with van der Waals surface area (Å²) in [6, 6.07) is 19.0. The van der Waals surface area contributed by atoms with Gasteiger partial charge in [-0.15, -0.1) is 11.6 Å². The number of hydrogen-bond acceptors (Lipinski definition) is 7. The molecule has 8 heteroatoms. The van der Waals surface area contributed by atoms with Crippen molar-refractivity contribution in [1.29, 1.82) is 0 Å². The zero-order chi connectivity index (χ0) is 27.6. The number of nitrogens with one attached hydrogen (secondary N) is 2. The van der Waals surface area contributed by atoms with E-state index in [1.807, 2.05) is 18.2 Å². The van der Waals surface area contributed by atoms with E-state index < -0.39 is 0 Å². The van der Waals surface area contributed by atoms with Crippen LogP contribution in [0.4, 0.5) is 5.69 Å². The van der Waals surface area contributed by atoms with Crippen LogP contribution in [-0.2, 0) is 16.1 Å². The smallest absolute Gasteiger partial charge is 0.306 e. The number of esters is 1. The van der Waals surface area contributed by atoms with Crippen molar-refractivity contribution < 1.29 is 19.0 Å². The number of carbonyl (C=O) groups is 1. The number of anilines is 1. The van der Waals surface area contributed by atoms with Crippen molar-refractivity contribution in [3.8, 4) is 22.6 Å². The minimum absolute atomic E-state index is 0.0448.